The van der Waals surface area contributed by atoms with Crippen LogP contribution in [0.4, 0.5) is 17.6 Å². The summed E-state index contributed by atoms with van der Waals surface area (Å²) in [7, 11) is 2.82. The van der Waals surface area contributed by atoms with Crippen LogP contribution in [0.1, 0.15) is 22.3 Å². The standard InChI is InChI=1S/2C20H15F2NO5.2Mg/c2*1-28-18-4-2-3-15-19(18)13(16(24)8-17(25)20(26)27)10-23(15)9-11-7-12(21)5-6-14(11)22;;/h2*2-8,10,24H,9H2,1H3,(H,26,27);;/q;;2*+2/b2*16-8-;;. The van der Waals surface area contributed by atoms with Crippen LogP contribution < -0.4 is 9.47 Å². The average Bonchev–Trinajstić information content (AvgIpc) is 3.73. The van der Waals surface area contributed by atoms with Gasteiger partial charge in [-0.1, -0.05) is 12.1 Å². The SMILES string of the molecule is COc1cccc2c1c(/C(O)=C/C(=O)C(=O)O)cn2Cc1cc(F)ccc1F.COc1cccc2c1c(/C(O)=C/C(=O)C(=O)O)cn2Cc1cc(F)ccc1F.[Mg+2].[Mg+2]. The van der Waals surface area contributed by atoms with Crippen LogP contribution in [-0.2, 0) is 32.3 Å². The predicted octanol–water partition coefficient (Wildman–Crippen LogP) is 6.30. The van der Waals surface area contributed by atoms with Gasteiger partial charge in [-0.2, -0.15) is 0 Å². The number of rotatable bonds is 12. The summed E-state index contributed by atoms with van der Waals surface area (Å²) in [6, 6.07) is 16.1. The first-order chi connectivity index (χ1) is 26.6. The summed E-state index contributed by atoms with van der Waals surface area (Å²) in [6.45, 7) is -0.124. The minimum atomic E-state index is -1.72. The van der Waals surface area contributed by atoms with Gasteiger partial charge in [-0.25, -0.2) is 27.2 Å². The Balaban J connectivity index is 0.000000300. The van der Waals surface area contributed by atoms with E-state index >= 15 is 0 Å². The second-order valence-electron chi connectivity index (χ2n) is 11.9. The summed E-state index contributed by atoms with van der Waals surface area (Å²) in [5.74, 6) is -8.90. The number of hydrogen-bond acceptors (Lipinski definition) is 8. The quantitative estimate of drug-likeness (QED) is 0.0361. The molecule has 0 spiro atoms. The Labute approximate surface area is 358 Å². The predicted molar refractivity (Wildman–Crippen MR) is 206 cm³/mol. The maximum absolute atomic E-state index is 14.1. The zero-order valence-electron chi connectivity index (χ0n) is 30.7. The molecule has 0 radical (unpaired) electrons. The molecule has 6 rings (SSSR count). The number of fused-ring (bicyclic) bond motifs is 2. The molecule has 2 aromatic heterocycles. The second kappa shape index (κ2) is 20.0. The fraction of sp³-hybridized carbons (Fsp3) is 0.100. The van der Waals surface area contributed by atoms with E-state index in [1.54, 1.807) is 45.5 Å². The van der Waals surface area contributed by atoms with Crippen molar-refractivity contribution in [2.75, 3.05) is 14.2 Å². The molecular weight excluding hydrogens is 793 g/mol. The van der Waals surface area contributed by atoms with Gasteiger partial charge in [0.1, 0.15) is 46.3 Å². The molecule has 0 aliphatic heterocycles. The van der Waals surface area contributed by atoms with Crippen LogP contribution in [0.25, 0.3) is 33.3 Å². The monoisotopic (exact) mass is 822 g/mol. The van der Waals surface area contributed by atoms with Crippen LogP contribution >= 0.6 is 0 Å². The number of hydrogen-bond donors (Lipinski definition) is 4. The summed E-state index contributed by atoms with van der Waals surface area (Å²) in [5, 5.41) is 38.9. The Morgan fingerprint density at radius 3 is 1.28 bits per heavy atom. The molecule has 4 N–H and O–H groups in total. The normalized spacial score (nSPS) is 11.2. The summed E-state index contributed by atoms with van der Waals surface area (Å²) in [6.07, 6.45) is 3.99. The number of carboxylic acid groups (broad SMARTS) is 2. The molecule has 0 unspecified atom stereocenters. The Kier molecular flexibility index (Phi) is 16.1. The molecule has 0 atom stereocenters. The Morgan fingerprint density at radius 2 is 0.948 bits per heavy atom. The van der Waals surface area contributed by atoms with Gasteiger partial charge in [0.25, 0.3) is 11.6 Å². The zero-order valence-corrected chi connectivity index (χ0v) is 33.5. The molecule has 18 heteroatoms. The fourth-order valence-corrected chi connectivity index (χ4v) is 5.85. The van der Waals surface area contributed by atoms with Gasteiger partial charge in [-0.15, -0.1) is 0 Å². The summed E-state index contributed by atoms with van der Waals surface area (Å²) >= 11 is 0. The molecule has 0 aliphatic carbocycles. The van der Waals surface area contributed by atoms with Gasteiger partial charge in [0.2, 0.25) is 0 Å². The average molecular weight is 823 g/mol. The number of benzene rings is 4. The van der Waals surface area contributed by atoms with Gasteiger partial charge in [0.05, 0.1) is 49.1 Å². The van der Waals surface area contributed by atoms with E-state index in [4.69, 9.17) is 19.7 Å². The number of ether oxygens (including phenoxy) is 2. The Morgan fingerprint density at radius 1 is 0.586 bits per heavy atom. The second-order valence-corrected chi connectivity index (χ2v) is 11.9. The van der Waals surface area contributed by atoms with Crippen LogP contribution in [0, 0.1) is 23.3 Å². The molecule has 0 bridgehead atoms. The van der Waals surface area contributed by atoms with Crippen molar-refractivity contribution in [3.8, 4) is 11.5 Å². The first-order valence-electron chi connectivity index (χ1n) is 16.2. The molecule has 0 aliphatic rings. The van der Waals surface area contributed by atoms with E-state index in [1.165, 1.54) is 26.6 Å². The number of carbonyl (C=O) groups excluding carboxylic acids is 2. The number of ketones is 2. The molecule has 0 saturated heterocycles. The van der Waals surface area contributed by atoms with Gasteiger partial charge in [-0.05, 0) is 60.7 Å². The molecule has 2 heterocycles. The molecule has 12 nitrogen and oxygen atoms in total. The van der Waals surface area contributed by atoms with Crippen molar-refractivity contribution in [2.45, 2.75) is 13.1 Å². The maximum Gasteiger partial charge on any atom is 2.00 e. The first kappa shape index (κ1) is 46.6. The van der Waals surface area contributed by atoms with Crippen molar-refractivity contribution in [1.29, 1.82) is 0 Å². The molecule has 0 amide bonds. The van der Waals surface area contributed by atoms with Crippen molar-refractivity contribution in [2.24, 2.45) is 0 Å². The van der Waals surface area contributed by atoms with Crippen LogP contribution in [0.2, 0.25) is 0 Å². The molecule has 0 saturated carbocycles. The molecule has 6 aromatic rings. The number of aliphatic hydroxyl groups excluding tert-OH is 2. The third kappa shape index (κ3) is 10.4. The van der Waals surface area contributed by atoms with E-state index < -0.39 is 58.3 Å². The minimum absolute atomic E-state index is 0. The molecule has 4 aromatic carbocycles. The summed E-state index contributed by atoms with van der Waals surface area (Å²) in [4.78, 5) is 44.4. The number of aliphatic hydroxyl groups is 2. The van der Waals surface area contributed by atoms with Crippen molar-refractivity contribution in [3.05, 3.63) is 143 Å². The zero-order chi connectivity index (χ0) is 40.8. The van der Waals surface area contributed by atoms with Gasteiger partial charge in [0, 0.05) is 46.8 Å². The Bertz CT molecular complexity index is 2420. The van der Waals surface area contributed by atoms with Gasteiger partial charge < -0.3 is 39.0 Å². The Hall–Kier alpha value is -5.83. The number of aromatic nitrogens is 2. The van der Waals surface area contributed by atoms with Crippen LogP contribution in [0.3, 0.4) is 0 Å². The summed E-state index contributed by atoms with van der Waals surface area (Å²) < 4.78 is 68.8. The van der Waals surface area contributed by atoms with E-state index in [1.807, 2.05) is 0 Å². The first-order valence-corrected chi connectivity index (χ1v) is 16.2. The maximum atomic E-state index is 14.1. The largest absolute Gasteiger partial charge is 2.00 e. The van der Waals surface area contributed by atoms with E-state index in [9.17, 15) is 47.0 Å². The number of halogens is 4. The number of carboxylic acids is 2. The number of methoxy groups -OCH3 is 2. The fourth-order valence-electron chi connectivity index (χ4n) is 5.85. The molecule has 288 valence electrons. The topological polar surface area (TPSA) is 178 Å². The van der Waals surface area contributed by atoms with Crippen LogP contribution in [-0.4, -0.2) is 113 Å². The van der Waals surface area contributed by atoms with Crippen LogP contribution in [0.15, 0.2) is 97.3 Å². The van der Waals surface area contributed by atoms with Gasteiger partial charge in [-0.3, -0.25) is 9.59 Å². The van der Waals surface area contributed by atoms with E-state index in [2.05, 4.69) is 0 Å². The third-order valence-corrected chi connectivity index (χ3v) is 8.38. The van der Waals surface area contributed by atoms with Gasteiger partial charge >= 0.3 is 58.0 Å². The van der Waals surface area contributed by atoms with E-state index in [0.29, 0.717) is 45.5 Å². The molecule has 0 fully saturated rings. The number of carbonyl (C=O) groups is 4. The van der Waals surface area contributed by atoms with Crippen molar-refractivity contribution >= 4 is 103 Å². The minimum Gasteiger partial charge on any atom is -0.507 e. The van der Waals surface area contributed by atoms with E-state index in [0.717, 1.165) is 36.4 Å². The number of nitrogens with zero attached hydrogens (tertiary/aromatic N) is 2. The van der Waals surface area contributed by atoms with E-state index in [-0.39, 0.29) is 81.4 Å². The number of aliphatic carboxylic acids is 2. The van der Waals surface area contributed by atoms with Crippen molar-refractivity contribution in [1.82, 2.24) is 9.13 Å². The third-order valence-electron chi connectivity index (χ3n) is 8.38. The molecule has 58 heavy (non-hydrogen) atoms. The summed E-state index contributed by atoms with van der Waals surface area (Å²) in [5.41, 5.74) is 1.44. The smallest absolute Gasteiger partial charge is 0.507 e. The van der Waals surface area contributed by atoms with Crippen molar-refractivity contribution in [3.63, 3.8) is 0 Å². The van der Waals surface area contributed by atoms with Gasteiger partial charge in [0.15, 0.2) is 0 Å². The van der Waals surface area contributed by atoms with Crippen LogP contribution in [0.5, 0.6) is 11.5 Å². The van der Waals surface area contributed by atoms with Crippen molar-refractivity contribution < 1.29 is 66.6 Å². The molecular formula is C40H30F4Mg2N2O10+4.